The Bertz CT molecular complexity index is 740. The summed E-state index contributed by atoms with van der Waals surface area (Å²) in [6, 6.07) is 14.1. The van der Waals surface area contributed by atoms with Crippen molar-refractivity contribution in [2.24, 2.45) is 0 Å². The van der Waals surface area contributed by atoms with Gasteiger partial charge in [-0.15, -0.1) is 0 Å². The lowest BCUT2D eigenvalue weighted by atomic mass is 9.98. The third-order valence-electron chi connectivity index (χ3n) is 3.87. The number of aliphatic hydroxyl groups excluding tert-OH is 1. The van der Waals surface area contributed by atoms with Crippen LogP contribution in [-0.4, -0.2) is 5.11 Å². The van der Waals surface area contributed by atoms with E-state index in [1.54, 1.807) is 6.26 Å². The van der Waals surface area contributed by atoms with Gasteiger partial charge in [0.2, 0.25) is 0 Å². The van der Waals surface area contributed by atoms with Crippen molar-refractivity contribution < 1.29 is 9.52 Å². The van der Waals surface area contributed by atoms with E-state index in [0.29, 0.717) is 6.42 Å². The van der Waals surface area contributed by atoms with Crippen molar-refractivity contribution in [3.63, 3.8) is 0 Å². The summed E-state index contributed by atoms with van der Waals surface area (Å²) in [5, 5.41) is 11.5. The average Bonchev–Trinajstić information content (AvgIpc) is 2.87. The summed E-state index contributed by atoms with van der Waals surface area (Å²) in [7, 11) is 0. The van der Waals surface area contributed by atoms with Crippen molar-refractivity contribution in [3.05, 3.63) is 71.0 Å². The zero-order valence-corrected chi connectivity index (χ0v) is 11.8. The van der Waals surface area contributed by atoms with E-state index in [0.717, 1.165) is 22.1 Å². The van der Waals surface area contributed by atoms with Crippen LogP contribution < -0.4 is 0 Å². The Labute approximate surface area is 118 Å². The average molecular weight is 266 g/mol. The van der Waals surface area contributed by atoms with Gasteiger partial charge in [0.15, 0.2) is 0 Å². The van der Waals surface area contributed by atoms with E-state index in [4.69, 9.17) is 4.42 Å². The van der Waals surface area contributed by atoms with Gasteiger partial charge in [-0.25, -0.2) is 0 Å². The molecule has 0 spiro atoms. The van der Waals surface area contributed by atoms with E-state index < -0.39 is 6.10 Å². The van der Waals surface area contributed by atoms with E-state index in [1.165, 1.54) is 11.1 Å². The summed E-state index contributed by atoms with van der Waals surface area (Å²) in [5.41, 5.74) is 5.36. The lowest BCUT2D eigenvalue weighted by Crippen LogP contribution is -2.01. The van der Waals surface area contributed by atoms with Crippen LogP contribution in [0, 0.1) is 13.8 Å². The molecule has 0 aliphatic carbocycles. The van der Waals surface area contributed by atoms with Crippen LogP contribution in [0.5, 0.6) is 0 Å². The monoisotopic (exact) mass is 266 g/mol. The Kier molecular flexibility index (Phi) is 3.33. The smallest absolute Gasteiger partial charge is 0.134 e. The van der Waals surface area contributed by atoms with Crippen molar-refractivity contribution in [3.8, 4) is 0 Å². The van der Waals surface area contributed by atoms with Crippen molar-refractivity contribution in [1.82, 2.24) is 0 Å². The number of rotatable bonds is 3. The van der Waals surface area contributed by atoms with Gasteiger partial charge in [0.05, 0.1) is 12.4 Å². The van der Waals surface area contributed by atoms with Gasteiger partial charge in [0.25, 0.3) is 0 Å². The van der Waals surface area contributed by atoms with Crippen LogP contribution in [0.15, 0.2) is 53.1 Å². The number of aryl methyl sites for hydroxylation is 2. The van der Waals surface area contributed by atoms with Crippen LogP contribution >= 0.6 is 0 Å². The van der Waals surface area contributed by atoms with Gasteiger partial charge in [-0.3, -0.25) is 0 Å². The zero-order valence-electron chi connectivity index (χ0n) is 11.8. The maximum absolute atomic E-state index is 10.5. The predicted octanol–water partition coefficient (Wildman–Crippen LogP) is 4.33. The van der Waals surface area contributed by atoms with Crippen LogP contribution in [0.3, 0.4) is 0 Å². The van der Waals surface area contributed by atoms with Gasteiger partial charge in [0, 0.05) is 17.4 Å². The second kappa shape index (κ2) is 5.14. The minimum Gasteiger partial charge on any atom is -0.464 e. The molecule has 0 fully saturated rings. The van der Waals surface area contributed by atoms with Crippen LogP contribution in [0.1, 0.15) is 28.4 Å². The molecular formula is C18H18O2. The molecule has 2 heteroatoms. The number of hydrogen-bond acceptors (Lipinski definition) is 2. The molecule has 0 bridgehead atoms. The fraction of sp³-hybridized carbons (Fsp3) is 0.222. The highest BCUT2D eigenvalue weighted by Crippen LogP contribution is 2.28. The Morgan fingerprint density at radius 3 is 2.65 bits per heavy atom. The van der Waals surface area contributed by atoms with Gasteiger partial charge in [-0.2, -0.15) is 0 Å². The van der Waals surface area contributed by atoms with Crippen molar-refractivity contribution >= 4 is 11.0 Å². The largest absolute Gasteiger partial charge is 0.464 e. The third kappa shape index (κ3) is 2.35. The molecule has 0 radical (unpaired) electrons. The molecular weight excluding hydrogens is 248 g/mol. The first kappa shape index (κ1) is 12.9. The van der Waals surface area contributed by atoms with Gasteiger partial charge < -0.3 is 9.52 Å². The molecule has 1 atom stereocenters. The van der Waals surface area contributed by atoms with Crippen LogP contribution in [0.2, 0.25) is 0 Å². The molecule has 1 aromatic heterocycles. The summed E-state index contributed by atoms with van der Waals surface area (Å²) < 4.78 is 5.49. The highest BCUT2D eigenvalue weighted by atomic mass is 16.3. The normalized spacial score (nSPS) is 12.8. The van der Waals surface area contributed by atoms with Crippen LogP contribution in [-0.2, 0) is 6.42 Å². The number of furan rings is 1. The van der Waals surface area contributed by atoms with Gasteiger partial charge in [-0.05, 0) is 36.6 Å². The first-order valence-electron chi connectivity index (χ1n) is 6.85. The Morgan fingerprint density at radius 1 is 1.05 bits per heavy atom. The molecule has 3 aromatic rings. The Hall–Kier alpha value is -2.06. The highest BCUT2D eigenvalue weighted by molar-refractivity contribution is 5.81. The molecule has 1 heterocycles. The summed E-state index contributed by atoms with van der Waals surface area (Å²) >= 11 is 0. The number of para-hydroxylation sites is 1. The zero-order chi connectivity index (χ0) is 14.1. The molecule has 1 N–H and O–H groups in total. The summed E-state index contributed by atoms with van der Waals surface area (Å²) in [6.07, 6.45) is 1.72. The molecule has 2 aromatic carbocycles. The molecule has 1 unspecified atom stereocenters. The fourth-order valence-corrected chi connectivity index (χ4v) is 2.52. The van der Waals surface area contributed by atoms with Gasteiger partial charge >= 0.3 is 0 Å². The summed E-state index contributed by atoms with van der Waals surface area (Å²) in [4.78, 5) is 0. The number of benzene rings is 2. The Morgan fingerprint density at radius 2 is 1.85 bits per heavy atom. The molecule has 20 heavy (non-hydrogen) atoms. The third-order valence-corrected chi connectivity index (χ3v) is 3.87. The molecule has 2 nitrogen and oxygen atoms in total. The quantitative estimate of drug-likeness (QED) is 0.765. The topological polar surface area (TPSA) is 33.4 Å². The van der Waals surface area contributed by atoms with Gasteiger partial charge in [0.1, 0.15) is 5.58 Å². The molecule has 0 aliphatic heterocycles. The fourth-order valence-electron chi connectivity index (χ4n) is 2.52. The van der Waals surface area contributed by atoms with E-state index in [2.05, 4.69) is 32.0 Å². The van der Waals surface area contributed by atoms with Gasteiger partial charge in [-0.1, -0.05) is 36.4 Å². The van der Waals surface area contributed by atoms with E-state index in [1.807, 2.05) is 24.3 Å². The number of aliphatic hydroxyl groups is 1. The van der Waals surface area contributed by atoms with Crippen molar-refractivity contribution in [2.75, 3.05) is 0 Å². The molecule has 0 saturated carbocycles. The second-order valence-corrected chi connectivity index (χ2v) is 5.33. The molecule has 0 aliphatic rings. The lowest BCUT2D eigenvalue weighted by Gasteiger charge is -2.11. The SMILES string of the molecule is Cc1ccc(CC(O)c2coc3ccccc23)cc1C. The predicted molar refractivity (Wildman–Crippen MR) is 80.8 cm³/mol. The summed E-state index contributed by atoms with van der Waals surface area (Å²) in [5.74, 6) is 0. The minimum absolute atomic E-state index is 0.541. The van der Waals surface area contributed by atoms with E-state index in [9.17, 15) is 5.11 Å². The molecule has 102 valence electrons. The number of fused-ring (bicyclic) bond motifs is 1. The standard InChI is InChI=1S/C18H18O2/c1-12-7-8-14(9-13(12)2)10-17(19)16-11-20-18-6-4-3-5-15(16)18/h3-9,11,17,19H,10H2,1-2H3. The maximum atomic E-state index is 10.5. The lowest BCUT2D eigenvalue weighted by molar-refractivity contribution is 0.179. The molecule has 3 rings (SSSR count). The molecule has 0 saturated heterocycles. The summed E-state index contributed by atoms with van der Waals surface area (Å²) in [6.45, 7) is 4.19. The van der Waals surface area contributed by atoms with E-state index >= 15 is 0 Å². The highest BCUT2D eigenvalue weighted by Gasteiger charge is 2.15. The second-order valence-electron chi connectivity index (χ2n) is 5.33. The first-order valence-corrected chi connectivity index (χ1v) is 6.85. The van der Waals surface area contributed by atoms with Crippen molar-refractivity contribution in [1.29, 1.82) is 0 Å². The van der Waals surface area contributed by atoms with Crippen molar-refractivity contribution in [2.45, 2.75) is 26.4 Å². The van der Waals surface area contributed by atoms with E-state index in [-0.39, 0.29) is 0 Å². The first-order chi connectivity index (χ1) is 9.65. The Balaban J connectivity index is 1.89. The maximum Gasteiger partial charge on any atom is 0.134 e. The number of hydrogen-bond donors (Lipinski definition) is 1. The minimum atomic E-state index is -0.541. The molecule has 0 amide bonds. The van der Waals surface area contributed by atoms with Crippen LogP contribution in [0.4, 0.5) is 0 Å². The van der Waals surface area contributed by atoms with Crippen LogP contribution in [0.25, 0.3) is 11.0 Å².